The summed E-state index contributed by atoms with van der Waals surface area (Å²) in [7, 11) is 3.07. The van der Waals surface area contributed by atoms with E-state index in [9.17, 15) is 24.4 Å². The molecule has 5 rings (SSSR count). The normalized spacial score (nSPS) is 14.2. The van der Waals surface area contributed by atoms with Crippen molar-refractivity contribution in [1.29, 1.82) is 5.26 Å². The van der Waals surface area contributed by atoms with Gasteiger partial charge in [-0.3, -0.25) is 14.4 Å². The molecule has 1 fully saturated rings. The Morgan fingerprint density at radius 3 is 2.32 bits per heavy atom. The molecule has 1 aromatic heterocycles. The molecular formula is C33H25N3O7S. The number of esters is 1. The van der Waals surface area contributed by atoms with Crippen molar-refractivity contribution in [3.63, 3.8) is 0 Å². The molecule has 0 bridgehead atoms. The number of aromatic nitrogens is 1. The number of imide groups is 1. The Hall–Kier alpha value is -5.47. The summed E-state index contributed by atoms with van der Waals surface area (Å²) >= 11 is 1.05. The lowest BCUT2D eigenvalue weighted by molar-refractivity contribution is -0.121. The molecule has 11 heteroatoms. The molecule has 2 heterocycles. The van der Waals surface area contributed by atoms with Gasteiger partial charge in [-0.15, -0.1) is 0 Å². The maximum Gasteiger partial charge on any atom is 0.338 e. The Bertz CT molecular complexity index is 1780. The first-order valence-electron chi connectivity index (χ1n) is 13.4. The van der Waals surface area contributed by atoms with E-state index in [2.05, 4.69) is 11.1 Å². The number of benzene rings is 3. The smallest absolute Gasteiger partial charge is 0.338 e. The van der Waals surface area contributed by atoms with E-state index in [0.29, 0.717) is 27.8 Å². The number of para-hydroxylation sites is 1. The highest BCUT2D eigenvalue weighted by Crippen LogP contribution is 2.37. The average Bonchev–Trinajstić information content (AvgIpc) is 3.34. The summed E-state index contributed by atoms with van der Waals surface area (Å²) in [5.41, 5.74) is 2.37. The van der Waals surface area contributed by atoms with Crippen LogP contribution in [-0.4, -0.2) is 54.6 Å². The van der Waals surface area contributed by atoms with Crippen molar-refractivity contribution >= 4 is 41.0 Å². The van der Waals surface area contributed by atoms with E-state index in [1.165, 1.54) is 31.4 Å². The number of anilines is 1. The number of pyridine rings is 1. The zero-order valence-electron chi connectivity index (χ0n) is 23.7. The van der Waals surface area contributed by atoms with Gasteiger partial charge in [0.25, 0.3) is 0 Å². The Kier molecular flexibility index (Phi) is 9.02. The summed E-state index contributed by atoms with van der Waals surface area (Å²) in [5.74, 6) is -0.788. The van der Waals surface area contributed by atoms with Crippen LogP contribution in [0.5, 0.6) is 11.5 Å². The van der Waals surface area contributed by atoms with Gasteiger partial charge in [-0.1, -0.05) is 23.9 Å². The van der Waals surface area contributed by atoms with Crippen LogP contribution in [0.1, 0.15) is 32.7 Å². The molecule has 0 spiro atoms. The number of thioether (sulfide) groups is 1. The first-order chi connectivity index (χ1) is 21.3. The van der Waals surface area contributed by atoms with Crippen LogP contribution < -0.4 is 14.4 Å². The minimum Gasteiger partial charge on any atom is -0.497 e. The number of carbonyl (C=O) groups excluding carboxylic acids is 4. The predicted octanol–water partition coefficient (Wildman–Crippen LogP) is 5.10. The number of carbonyl (C=O) groups is 4. The number of methoxy groups -OCH3 is 2. The summed E-state index contributed by atoms with van der Waals surface area (Å²) in [5, 5.41) is 9.19. The highest BCUT2D eigenvalue weighted by atomic mass is 32.2. The number of ketones is 1. The van der Waals surface area contributed by atoms with Crippen LogP contribution in [0.4, 0.5) is 5.69 Å². The molecule has 3 aromatic carbocycles. The third kappa shape index (κ3) is 6.30. The summed E-state index contributed by atoms with van der Waals surface area (Å²) in [6.45, 7) is -0.452. The number of hydrogen-bond acceptors (Lipinski definition) is 10. The molecular weight excluding hydrogens is 582 g/mol. The fraction of sp³-hybridized carbons (Fsp3) is 0.152. The Morgan fingerprint density at radius 1 is 0.932 bits per heavy atom. The van der Waals surface area contributed by atoms with Gasteiger partial charge in [-0.05, 0) is 72.8 Å². The van der Waals surface area contributed by atoms with Gasteiger partial charge < -0.3 is 14.2 Å². The van der Waals surface area contributed by atoms with Crippen LogP contribution in [0.2, 0.25) is 0 Å². The minimum atomic E-state index is -0.802. The molecule has 1 aliphatic rings. The van der Waals surface area contributed by atoms with Crippen molar-refractivity contribution in [2.24, 2.45) is 0 Å². The van der Waals surface area contributed by atoms with E-state index in [4.69, 9.17) is 14.2 Å². The van der Waals surface area contributed by atoms with Gasteiger partial charge in [0.05, 0.1) is 42.0 Å². The zero-order chi connectivity index (χ0) is 31.2. The monoisotopic (exact) mass is 607 g/mol. The van der Waals surface area contributed by atoms with E-state index >= 15 is 0 Å². The summed E-state index contributed by atoms with van der Waals surface area (Å²) in [4.78, 5) is 56.9. The molecule has 44 heavy (non-hydrogen) atoms. The summed E-state index contributed by atoms with van der Waals surface area (Å²) in [6.07, 6.45) is -0.0911. The number of nitriles is 1. The van der Waals surface area contributed by atoms with Gasteiger partial charge in [0, 0.05) is 17.5 Å². The Balaban J connectivity index is 1.26. The topological polar surface area (TPSA) is 136 Å². The third-order valence-electron chi connectivity index (χ3n) is 6.83. The molecule has 4 aromatic rings. The maximum absolute atomic E-state index is 13.4. The van der Waals surface area contributed by atoms with Gasteiger partial charge in [0.2, 0.25) is 11.8 Å². The van der Waals surface area contributed by atoms with E-state index in [1.54, 1.807) is 49.6 Å². The van der Waals surface area contributed by atoms with Crippen molar-refractivity contribution < 1.29 is 33.4 Å². The summed E-state index contributed by atoms with van der Waals surface area (Å²) in [6, 6.07) is 24.9. The SMILES string of the molecule is COc1ccc(C(=O)COC(=O)c2ccc(N3C(=O)CC(Sc4nc(-c5ccccc5OC)ccc4C#N)C3=O)cc2)cc1. The fourth-order valence-corrected chi connectivity index (χ4v) is 5.64. The average molecular weight is 608 g/mol. The lowest BCUT2D eigenvalue weighted by Gasteiger charge is -2.16. The first kappa shape index (κ1) is 30.0. The molecule has 0 radical (unpaired) electrons. The molecule has 0 aliphatic carbocycles. The largest absolute Gasteiger partial charge is 0.497 e. The van der Waals surface area contributed by atoms with Crippen molar-refractivity contribution in [2.45, 2.75) is 16.7 Å². The van der Waals surface area contributed by atoms with E-state index in [-0.39, 0.29) is 29.0 Å². The molecule has 1 aliphatic heterocycles. The van der Waals surface area contributed by atoms with E-state index in [1.807, 2.05) is 18.2 Å². The van der Waals surface area contributed by atoms with Crippen molar-refractivity contribution in [3.8, 4) is 28.8 Å². The minimum absolute atomic E-state index is 0.0911. The summed E-state index contributed by atoms with van der Waals surface area (Å²) < 4.78 is 15.7. The van der Waals surface area contributed by atoms with Gasteiger partial charge in [0.15, 0.2) is 12.4 Å². The van der Waals surface area contributed by atoms with Crippen molar-refractivity contribution in [1.82, 2.24) is 4.98 Å². The fourth-order valence-electron chi connectivity index (χ4n) is 4.55. The zero-order valence-corrected chi connectivity index (χ0v) is 24.5. The Labute approximate surface area is 257 Å². The second kappa shape index (κ2) is 13.2. The molecule has 1 atom stereocenters. The van der Waals surface area contributed by atoms with Gasteiger partial charge >= 0.3 is 5.97 Å². The van der Waals surface area contributed by atoms with Crippen molar-refractivity contribution in [3.05, 3.63) is 102 Å². The Morgan fingerprint density at radius 2 is 1.64 bits per heavy atom. The van der Waals surface area contributed by atoms with Crippen LogP contribution in [0.3, 0.4) is 0 Å². The van der Waals surface area contributed by atoms with Gasteiger partial charge in [-0.25, -0.2) is 14.7 Å². The lowest BCUT2D eigenvalue weighted by Crippen LogP contribution is -2.31. The second-order valence-electron chi connectivity index (χ2n) is 9.51. The van der Waals surface area contributed by atoms with Gasteiger partial charge in [-0.2, -0.15) is 5.26 Å². The number of hydrogen-bond donors (Lipinski definition) is 0. The standard InChI is InChI=1S/C33H25N3O7S/c1-41-24-14-9-20(10-15-24)27(37)19-43-33(40)21-7-12-23(13-8-21)36-30(38)17-29(32(36)39)44-31-22(18-34)11-16-26(35-31)25-5-3-4-6-28(25)42-2/h3-16,29H,17,19H2,1-2H3. The van der Waals surface area contributed by atoms with Crippen LogP contribution in [-0.2, 0) is 14.3 Å². The highest BCUT2D eigenvalue weighted by molar-refractivity contribution is 8.00. The lowest BCUT2D eigenvalue weighted by atomic mass is 10.1. The van der Waals surface area contributed by atoms with Crippen molar-refractivity contribution in [2.75, 3.05) is 25.7 Å². The van der Waals surface area contributed by atoms with Crippen LogP contribution >= 0.6 is 11.8 Å². The number of Topliss-reactive ketones (excluding diaryl/α,β-unsaturated/α-hetero) is 1. The first-order valence-corrected chi connectivity index (χ1v) is 14.2. The molecule has 0 saturated carbocycles. The number of ether oxygens (including phenoxy) is 3. The third-order valence-corrected chi connectivity index (χ3v) is 8.02. The maximum atomic E-state index is 13.4. The predicted molar refractivity (Wildman–Crippen MR) is 162 cm³/mol. The van der Waals surface area contributed by atoms with Crippen LogP contribution in [0, 0.1) is 11.3 Å². The molecule has 1 saturated heterocycles. The quantitative estimate of drug-likeness (QED) is 0.136. The van der Waals surface area contributed by atoms with E-state index < -0.39 is 29.6 Å². The van der Waals surface area contributed by atoms with Gasteiger partial charge in [0.1, 0.15) is 22.6 Å². The second-order valence-corrected chi connectivity index (χ2v) is 10.7. The molecule has 0 N–H and O–H groups in total. The molecule has 1 unspecified atom stereocenters. The van der Waals surface area contributed by atoms with Crippen LogP contribution in [0.25, 0.3) is 11.3 Å². The molecule has 2 amide bonds. The highest BCUT2D eigenvalue weighted by Gasteiger charge is 2.41. The number of rotatable bonds is 10. The van der Waals surface area contributed by atoms with Crippen LogP contribution in [0.15, 0.2) is 90.0 Å². The molecule has 10 nitrogen and oxygen atoms in total. The van der Waals surface area contributed by atoms with E-state index in [0.717, 1.165) is 22.2 Å². The molecule has 220 valence electrons. The number of amides is 2. The number of nitrogens with zero attached hydrogens (tertiary/aromatic N) is 3.